The summed E-state index contributed by atoms with van der Waals surface area (Å²) in [6.45, 7) is 3.75. The molecule has 1 unspecified atom stereocenters. The fraction of sp³-hybridized carbons (Fsp3) is 0.208. The van der Waals surface area contributed by atoms with Crippen LogP contribution in [0.5, 0.6) is 5.75 Å². The van der Waals surface area contributed by atoms with Crippen LogP contribution >= 0.6 is 0 Å². The minimum Gasteiger partial charge on any atom is -0.495 e. The van der Waals surface area contributed by atoms with Gasteiger partial charge in [-0.15, -0.1) is 0 Å². The Morgan fingerprint density at radius 2 is 1.91 bits per heavy atom. The van der Waals surface area contributed by atoms with Crippen molar-refractivity contribution in [3.8, 4) is 11.4 Å². The molecule has 33 heavy (non-hydrogen) atoms. The lowest BCUT2D eigenvalue weighted by Gasteiger charge is -2.25. The van der Waals surface area contributed by atoms with Crippen molar-refractivity contribution in [2.24, 2.45) is 4.99 Å². The lowest BCUT2D eigenvalue weighted by molar-refractivity contribution is -0.124. The van der Waals surface area contributed by atoms with Gasteiger partial charge in [0.05, 0.1) is 38.0 Å². The number of ether oxygens (including phenoxy) is 1. The Morgan fingerprint density at radius 3 is 2.55 bits per heavy atom. The van der Waals surface area contributed by atoms with Gasteiger partial charge in [0.25, 0.3) is 5.91 Å². The first kappa shape index (κ1) is 22.2. The highest BCUT2D eigenvalue weighted by Crippen LogP contribution is 2.30. The first-order valence-corrected chi connectivity index (χ1v) is 10.3. The molecule has 1 N–H and O–H groups in total. The Morgan fingerprint density at radius 1 is 1.15 bits per heavy atom. The summed E-state index contributed by atoms with van der Waals surface area (Å²) >= 11 is 0. The van der Waals surface area contributed by atoms with Gasteiger partial charge in [-0.25, -0.2) is 19.8 Å². The van der Waals surface area contributed by atoms with Crippen molar-refractivity contribution in [1.82, 2.24) is 19.9 Å². The lowest BCUT2D eigenvalue weighted by Crippen LogP contribution is -2.42. The van der Waals surface area contributed by atoms with Crippen LogP contribution in [-0.4, -0.2) is 40.5 Å². The van der Waals surface area contributed by atoms with E-state index >= 15 is 0 Å². The summed E-state index contributed by atoms with van der Waals surface area (Å²) in [5.74, 6) is 0.233. The Hall–Kier alpha value is -3.98. The molecule has 9 heteroatoms. The molecule has 4 rings (SSSR count). The Bertz CT molecular complexity index is 1230. The van der Waals surface area contributed by atoms with E-state index in [9.17, 15) is 9.18 Å². The van der Waals surface area contributed by atoms with E-state index < -0.39 is 6.04 Å². The number of carbonyl (C=O) groups excluding carboxylic acids is 1. The highest BCUT2D eigenvalue weighted by Gasteiger charge is 2.35. The maximum atomic E-state index is 13.3. The molecule has 8 nitrogen and oxygen atoms in total. The number of nitrogens with zero attached hydrogens (tertiary/aromatic N) is 4. The van der Waals surface area contributed by atoms with Crippen LogP contribution in [-0.2, 0) is 9.63 Å². The number of aliphatic imine (C=N–C) groups is 1. The first-order valence-electron chi connectivity index (χ1n) is 10.3. The number of nitrogens with one attached hydrogen (secondary N) is 1. The summed E-state index contributed by atoms with van der Waals surface area (Å²) < 4.78 is 20.8. The average molecular weight is 449 g/mol. The first-order chi connectivity index (χ1) is 15.9. The predicted octanol–water partition coefficient (Wildman–Crippen LogP) is 3.78. The van der Waals surface area contributed by atoms with Gasteiger partial charge in [-0.3, -0.25) is 14.5 Å². The predicted molar refractivity (Wildman–Crippen MR) is 122 cm³/mol. The van der Waals surface area contributed by atoms with Gasteiger partial charge >= 0.3 is 0 Å². The third kappa shape index (κ3) is 4.49. The molecule has 2 aromatic carbocycles. The molecule has 0 aliphatic carbocycles. The quantitative estimate of drug-likeness (QED) is 0.458. The Kier molecular flexibility index (Phi) is 6.23. The molecule has 1 aliphatic rings. The zero-order valence-electron chi connectivity index (χ0n) is 18.7. The molecule has 3 aromatic rings. The second kappa shape index (κ2) is 9.25. The number of hydrogen-bond acceptors (Lipinski definition) is 6. The van der Waals surface area contributed by atoms with Crippen LogP contribution < -0.4 is 10.2 Å². The van der Waals surface area contributed by atoms with Gasteiger partial charge in [0.1, 0.15) is 17.3 Å². The van der Waals surface area contributed by atoms with Crippen molar-refractivity contribution < 1.29 is 18.8 Å². The van der Waals surface area contributed by atoms with Crippen molar-refractivity contribution in [2.75, 3.05) is 14.2 Å². The molecule has 2 heterocycles. The highest BCUT2D eigenvalue weighted by molar-refractivity contribution is 6.13. The number of amides is 1. The van der Waals surface area contributed by atoms with Gasteiger partial charge in [0.15, 0.2) is 0 Å². The number of hydroxylamine groups is 1. The lowest BCUT2D eigenvalue weighted by atomic mass is 10.1. The summed E-state index contributed by atoms with van der Waals surface area (Å²) in [7, 11) is 3.03. The minimum absolute atomic E-state index is 0.233. The maximum Gasteiger partial charge on any atom is 0.279 e. The van der Waals surface area contributed by atoms with Crippen LogP contribution in [0, 0.1) is 12.7 Å². The number of aromatic nitrogens is 2. The van der Waals surface area contributed by atoms with E-state index in [1.54, 1.807) is 31.6 Å². The van der Waals surface area contributed by atoms with Crippen molar-refractivity contribution >= 4 is 17.9 Å². The number of hydrogen-bond donors (Lipinski definition) is 1. The third-order valence-corrected chi connectivity index (χ3v) is 5.32. The normalized spacial score (nSPS) is 15.7. The standard InChI is InChI=1S/C24H24FN5O3/c1-15-13-29(14-26-15)21-10-5-17(12-22(21)32-3)11-20-23(31)30(24(27-20)28-33-4)16(2)18-6-8-19(25)9-7-18/h5-14,16H,1-4H3,(H,27,28)/b20-11-. The Balaban J connectivity index is 1.66. The molecule has 1 aromatic heterocycles. The molecule has 0 radical (unpaired) electrons. The zero-order valence-corrected chi connectivity index (χ0v) is 18.7. The molecular formula is C24H24FN5O3. The summed E-state index contributed by atoms with van der Waals surface area (Å²) in [6, 6.07) is 11.2. The summed E-state index contributed by atoms with van der Waals surface area (Å²) in [5, 5.41) is 0. The molecule has 0 spiro atoms. The number of rotatable bonds is 6. The molecule has 0 bridgehead atoms. The number of benzene rings is 2. The van der Waals surface area contributed by atoms with E-state index in [1.165, 1.54) is 24.1 Å². The molecule has 1 amide bonds. The van der Waals surface area contributed by atoms with E-state index in [2.05, 4.69) is 15.5 Å². The number of aryl methyl sites for hydroxylation is 1. The van der Waals surface area contributed by atoms with Crippen LogP contribution in [0.2, 0.25) is 0 Å². The fourth-order valence-corrected chi connectivity index (χ4v) is 3.65. The minimum atomic E-state index is -0.396. The van der Waals surface area contributed by atoms with Crippen LogP contribution in [0.1, 0.15) is 29.8 Å². The molecule has 0 fully saturated rings. The van der Waals surface area contributed by atoms with E-state index in [0.717, 1.165) is 22.5 Å². The highest BCUT2D eigenvalue weighted by atomic mass is 19.1. The van der Waals surface area contributed by atoms with Crippen LogP contribution in [0.4, 0.5) is 4.39 Å². The van der Waals surface area contributed by atoms with Gasteiger partial charge in [0, 0.05) is 6.20 Å². The fourth-order valence-electron chi connectivity index (χ4n) is 3.65. The van der Waals surface area contributed by atoms with Crippen LogP contribution in [0.15, 0.2) is 65.7 Å². The van der Waals surface area contributed by atoms with Gasteiger partial charge in [-0.1, -0.05) is 18.2 Å². The van der Waals surface area contributed by atoms with E-state index in [-0.39, 0.29) is 23.4 Å². The number of carbonyl (C=O) groups is 1. The molecular weight excluding hydrogens is 425 g/mol. The molecule has 1 atom stereocenters. The maximum absolute atomic E-state index is 13.3. The summed E-state index contributed by atoms with van der Waals surface area (Å²) in [4.78, 5) is 28.4. The second-order valence-corrected chi connectivity index (χ2v) is 7.53. The molecule has 1 aliphatic heterocycles. The second-order valence-electron chi connectivity index (χ2n) is 7.53. The third-order valence-electron chi connectivity index (χ3n) is 5.32. The summed E-state index contributed by atoms with van der Waals surface area (Å²) in [6.07, 6.45) is 5.30. The van der Waals surface area contributed by atoms with Crippen molar-refractivity contribution in [3.63, 3.8) is 0 Å². The van der Waals surface area contributed by atoms with Crippen molar-refractivity contribution in [2.45, 2.75) is 19.9 Å². The largest absolute Gasteiger partial charge is 0.495 e. The monoisotopic (exact) mass is 449 g/mol. The van der Waals surface area contributed by atoms with E-state index in [4.69, 9.17) is 9.57 Å². The number of guanidine groups is 1. The van der Waals surface area contributed by atoms with Gasteiger partial charge in [-0.2, -0.15) is 0 Å². The smallest absolute Gasteiger partial charge is 0.279 e. The zero-order chi connectivity index (χ0) is 23.5. The number of halogens is 1. The number of imidazole rings is 1. The Labute approximate surface area is 190 Å². The van der Waals surface area contributed by atoms with Gasteiger partial charge in [-0.05, 0) is 55.3 Å². The molecule has 170 valence electrons. The van der Waals surface area contributed by atoms with Gasteiger partial charge in [0.2, 0.25) is 5.96 Å². The average Bonchev–Trinajstić information content (AvgIpc) is 3.37. The van der Waals surface area contributed by atoms with Gasteiger partial charge < -0.3 is 9.30 Å². The van der Waals surface area contributed by atoms with Crippen LogP contribution in [0.3, 0.4) is 0 Å². The molecule has 0 saturated carbocycles. The van der Waals surface area contributed by atoms with Crippen LogP contribution in [0.25, 0.3) is 11.8 Å². The van der Waals surface area contributed by atoms with Crippen molar-refractivity contribution in [3.05, 3.63) is 83.3 Å². The number of methoxy groups -OCH3 is 1. The molecule has 0 saturated heterocycles. The van der Waals surface area contributed by atoms with E-state index in [0.29, 0.717) is 5.75 Å². The summed E-state index contributed by atoms with van der Waals surface area (Å²) in [5.41, 5.74) is 6.12. The van der Waals surface area contributed by atoms with Crippen molar-refractivity contribution in [1.29, 1.82) is 0 Å². The SMILES string of the molecule is CONC1=N/C(=C\c2ccc(-n3cnc(C)c3)c(OC)c2)C(=O)N1C(C)c1ccc(F)cc1. The van der Waals surface area contributed by atoms with E-state index in [1.807, 2.05) is 42.8 Å². The topological polar surface area (TPSA) is 81.0 Å².